The summed E-state index contributed by atoms with van der Waals surface area (Å²) in [4.78, 5) is 16.4. The number of rotatable bonds is 3. The van der Waals surface area contributed by atoms with Gasteiger partial charge >= 0.3 is 0 Å². The van der Waals surface area contributed by atoms with Crippen molar-refractivity contribution in [3.63, 3.8) is 0 Å². The Morgan fingerprint density at radius 3 is 3.00 bits per heavy atom. The van der Waals surface area contributed by atoms with Crippen molar-refractivity contribution in [1.29, 1.82) is 0 Å². The molecule has 0 aromatic carbocycles. The van der Waals surface area contributed by atoms with Crippen LogP contribution in [0.25, 0.3) is 0 Å². The molecule has 0 unspecified atom stereocenters. The molecule has 0 radical (unpaired) electrons. The molecular formula is C15H18N4O2. The molecule has 0 bridgehead atoms. The maximum atomic E-state index is 12.3. The van der Waals surface area contributed by atoms with Crippen molar-refractivity contribution in [3.8, 4) is 0 Å². The Morgan fingerprint density at radius 2 is 2.29 bits per heavy atom. The molecule has 2 aromatic heterocycles. The maximum absolute atomic E-state index is 12.3. The van der Waals surface area contributed by atoms with E-state index in [4.69, 9.17) is 4.74 Å². The fourth-order valence-electron chi connectivity index (χ4n) is 2.58. The lowest BCUT2D eigenvalue weighted by Crippen LogP contribution is -2.36. The van der Waals surface area contributed by atoms with Crippen LogP contribution in [0.4, 0.5) is 0 Å². The van der Waals surface area contributed by atoms with Crippen molar-refractivity contribution in [3.05, 3.63) is 47.5 Å². The normalized spacial score (nSPS) is 21.4. The van der Waals surface area contributed by atoms with Gasteiger partial charge in [-0.2, -0.15) is 5.10 Å². The molecule has 110 valence electrons. The number of hydrogen-bond acceptors (Lipinski definition) is 4. The van der Waals surface area contributed by atoms with Gasteiger partial charge in [-0.25, -0.2) is 0 Å². The zero-order valence-corrected chi connectivity index (χ0v) is 12.1. The second-order valence-corrected chi connectivity index (χ2v) is 5.36. The largest absolute Gasteiger partial charge is 0.371 e. The summed E-state index contributed by atoms with van der Waals surface area (Å²) in [7, 11) is 1.87. The van der Waals surface area contributed by atoms with E-state index in [2.05, 4.69) is 15.4 Å². The number of aryl methyl sites for hydroxylation is 2. The highest BCUT2D eigenvalue weighted by molar-refractivity contribution is 5.94. The topological polar surface area (TPSA) is 69.0 Å². The number of nitrogens with zero attached hydrogens (tertiary/aromatic N) is 3. The number of hydrogen-bond donors (Lipinski definition) is 1. The van der Waals surface area contributed by atoms with Crippen molar-refractivity contribution < 1.29 is 9.53 Å². The van der Waals surface area contributed by atoms with E-state index in [1.165, 1.54) is 0 Å². The van der Waals surface area contributed by atoms with Crippen LogP contribution in [-0.4, -0.2) is 33.3 Å². The molecule has 6 heteroatoms. The van der Waals surface area contributed by atoms with Gasteiger partial charge in [0.05, 0.1) is 17.8 Å². The third-order valence-electron chi connectivity index (χ3n) is 3.60. The lowest BCUT2D eigenvalue weighted by atomic mass is 10.0. The summed E-state index contributed by atoms with van der Waals surface area (Å²) in [5, 5.41) is 7.20. The van der Waals surface area contributed by atoms with E-state index in [1.807, 2.05) is 26.2 Å². The van der Waals surface area contributed by atoms with E-state index >= 15 is 0 Å². The van der Waals surface area contributed by atoms with Crippen molar-refractivity contribution in [2.45, 2.75) is 25.5 Å². The average molecular weight is 286 g/mol. The van der Waals surface area contributed by atoms with Crippen LogP contribution < -0.4 is 5.32 Å². The third kappa shape index (κ3) is 2.95. The fourth-order valence-corrected chi connectivity index (χ4v) is 2.58. The molecular weight excluding hydrogens is 268 g/mol. The highest BCUT2D eigenvalue weighted by Gasteiger charge is 2.32. The number of pyridine rings is 1. The summed E-state index contributed by atoms with van der Waals surface area (Å²) in [5.41, 5.74) is 2.53. The van der Waals surface area contributed by atoms with Gasteiger partial charge in [-0.1, -0.05) is 0 Å². The molecule has 2 atom stereocenters. The van der Waals surface area contributed by atoms with E-state index in [0.717, 1.165) is 17.5 Å². The maximum Gasteiger partial charge on any atom is 0.253 e. The molecule has 2 aromatic rings. The number of aromatic nitrogens is 3. The summed E-state index contributed by atoms with van der Waals surface area (Å²) in [6.07, 6.45) is 7.67. The third-order valence-corrected chi connectivity index (χ3v) is 3.60. The smallest absolute Gasteiger partial charge is 0.253 e. The molecule has 1 aliphatic rings. The Morgan fingerprint density at radius 1 is 1.43 bits per heavy atom. The average Bonchev–Trinajstić information content (AvgIpc) is 3.07. The minimum Gasteiger partial charge on any atom is -0.371 e. The fraction of sp³-hybridized carbons (Fsp3) is 0.400. The minimum atomic E-state index is -0.139. The van der Waals surface area contributed by atoms with Gasteiger partial charge in [0, 0.05) is 37.8 Å². The first-order valence-corrected chi connectivity index (χ1v) is 6.96. The van der Waals surface area contributed by atoms with E-state index in [-0.39, 0.29) is 18.1 Å². The molecule has 0 aliphatic carbocycles. The molecule has 1 fully saturated rings. The highest BCUT2D eigenvalue weighted by atomic mass is 16.5. The number of amides is 1. The van der Waals surface area contributed by atoms with Crippen LogP contribution in [0.2, 0.25) is 0 Å². The van der Waals surface area contributed by atoms with Crippen molar-refractivity contribution >= 4 is 5.91 Å². The number of carbonyl (C=O) groups excluding carboxylic acids is 1. The number of ether oxygens (including phenoxy) is 1. The van der Waals surface area contributed by atoms with Crippen LogP contribution in [0.1, 0.15) is 34.0 Å². The highest BCUT2D eigenvalue weighted by Crippen LogP contribution is 2.28. The molecule has 21 heavy (non-hydrogen) atoms. The molecule has 1 N–H and O–H groups in total. The van der Waals surface area contributed by atoms with Crippen molar-refractivity contribution in [2.75, 3.05) is 6.61 Å². The quantitative estimate of drug-likeness (QED) is 0.925. The van der Waals surface area contributed by atoms with E-state index < -0.39 is 0 Å². The van der Waals surface area contributed by atoms with Gasteiger partial charge in [-0.05, 0) is 25.0 Å². The first-order valence-electron chi connectivity index (χ1n) is 6.96. The number of carbonyl (C=O) groups is 1. The summed E-state index contributed by atoms with van der Waals surface area (Å²) in [5.74, 6) is -0.115. The SMILES string of the molecule is Cc1cncc(C(=O)N[C@H]2CCO[C@@H]2c2cnn(C)c2)c1. The first-order chi connectivity index (χ1) is 10.1. The molecule has 0 spiro atoms. The zero-order chi connectivity index (χ0) is 14.8. The molecule has 6 nitrogen and oxygen atoms in total. The monoisotopic (exact) mass is 286 g/mol. The van der Waals surface area contributed by atoms with Crippen LogP contribution in [0.15, 0.2) is 30.9 Å². The van der Waals surface area contributed by atoms with E-state index in [0.29, 0.717) is 12.2 Å². The Kier molecular flexibility index (Phi) is 3.70. The lowest BCUT2D eigenvalue weighted by molar-refractivity contribution is 0.0821. The molecule has 0 saturated carbocycles. The number of nitrogens with one attached hydrogen (secondary N) is 1. The second-order valence-electron chi connectivity index (χ2n) is 5.36. The van der Waals surface area contributed by atoms with E-state index in [1.54, 1.807) is 23.3 Å². The zero-order valence-electron chi connectivity index (χ0n) is 12.1. The Labute approximate surface area is 123 Å². The van der Waals surface area contributed by atoms with Crippen LogP contribution >= 0.6 is 0 Å². The molecule has 1 aliphatic heterocycles. The Bertz CT molecular complexity index is 653. The summed E-state index contributed by atoms with van der Waals surface area (Å²) in [6.45, 7) is 2.55. The van der Waals surface area contributed by atoms with Gasteiger partial charge in [0.2, 0.25) is 0 Å². The molecule has 1 amide bonds. The predicted molar refractivity (Wildman–Crippen MR) is 76.7 cm³/mol. The van der Waals surface area contributed by atoms with Crippen LogP contribution in [0, 0.1) is 6.92 Å². The van der Waals surface area contributed by atoms with Crippen molar-refractivity contribution in [2.24, 2.45) is 7.05 Å². The second kappa shape index (κ2) is 5.65. The molecule has 3 rings (SSSR count). The van der Waals surface area contributed by atoms with Gasteiger partial charge in [-0.15, -0.1) is 0 Å². The van der Waals surface area contributed by atoms with Crippen molar-refractivity contribution in [1.82, 2.24) is 20.1 Å². The van der Waals surface area contributed by atoms with Gasteiger partial charge < -0.3 is 10.1 Å². The lowest BCUT2D eigenvalue weighted by Gasteiger charge is -2.18. The van der Waals surface area contributed by atoms with Gasteiger partial charge in [0.25, 0.3) is 5.91 Å². The Balaban J connectivity index is 1.73. The standard InChI is InChI=1S/C15H18N4O2/c1-10-5-11(7-16-6-10)15(20)18-13-3-4-21-14(13)12-8-17-19(2)9-12/h5-9,13-14H,3-4H2,1-2H3,(H,18,20)/t13-,14+/m0/s1. The molecule has 1 saturated heterocycles. The predicted octanol–water partition coefficient (Wildman–Crippen LogP) is 1.38. The van der Waals surface area contributed by atoms with E-state index in [9.17, 15) is 4.79 Å². The summed E-state index contributed by atoms with van der Waals surface area (Å²) < 4.78 is 7.48. The van der Waals surface area contributed by atoms with Gasteiger partial charge in [0.1, 0.15) is 6.10 Å². The minimum absolute atomic E-state index is 0.0396. The summed E-state index contributed by atoms with van der Waals surface area (Å²) in [6, 6.07) is 1.79. The first kappa shape index (κ1) is 13.8. The Hall–Kier alpha value is -2.21. The van der Waals surface area contributed by atoms with Gasteiger partial charge in [-0.3, -0.25) is 14.5 Å². The van der Waals surface area contributed by atoms with Crippen LogP contribution in [0.3, 0.4) is 0 Å². The van der Waals surface area contributed by atoms with Gasteiger partial charge in [0.15, 0.2) is 0 Å². The van der Waals surface area contributed by atoms with Crippen LogP contribution in [-0.2, 0) is 11.8 Å². The van der Waals surface area contributed by atoms with Crippen LogP contribution in [0.5, 0.6) is 0 Å². The molecule has 3 heterocycles. The summed E-state index contributed by atoms with van der Waals surface area (Å²) >= 11 is 0.